The Labute approximate surface area is 207 Å². The van der Waals surface area contributed by atoms with Gasteiger partial charge in [-0.3, -0.25) is 4.79 Å². The molecular weight excluding hydrogens is 485 g/mol. The lowest BCUT2D eigenvalue weighted by atomic mass is 10.1. The molecule has 2 heterocycles. The molecule has 1 amide bonds. The van der Waals surface area contributed by atoms with Gasteiger partial charge in [0, 0.05) is 44.9 Å². The minimum absolute atomic E-state index is 0.0425. The van der Waals surface area contributed by atoms with Crippen molar-refractivity contribution in [1.29, 1.82) is 0 Å². The summed E-state index contributed by atoms with van der Waals surface area (Å²) in [6.45, 7) is 2.57. The van der Waals surface area contributed by atoms with Crippen molar-refractivity contribution in [1.82, 2.24) is 19.8 Å². The molecule has 12 heteroatoms. The monoisotopic (exact) mass is 514 g/mol. The second-order valence-corrected chi connectivity index (χ2v) is 8.90. The van der Waals surface area contributed by atoms with Gasteiger partial charge in [-0.05, 0) is 45.5 Å². The van der Waals surface area contributed by atoms with Gasteiger partial charge < -0.3 is 25.2 Å². The summed E-state index contributed by atoms with van der Waals surface area (Å²) in [5.74, 6) is 0.260. The fourth-order valence-electron chi connectivity index (χ4n) is 3.52. The number of likely N-dealkylation sites (N-methyl/N-ethyl adjacent to an activating group) is 1. The summed E-state index contributed by atoms with van der Waals surface area (Å²) in [4.78, 5) is 23.5. The van der Waals surface area contributed by atoms with Crippen LogP contribution in [0.1, 0.15) is 31.2 Å². The first-order valence-corrected chi connectivity index (χ1v) is 11.8. The molecule has 1 aromatic carbocycles. The Hall–Kier alpha value is -2.79. The number of aromatic nitrogens is 2. The van der Waals surface area contributed by atoms with Gasteiger partial charge in [-0.15, -0.1) is 0 Å². The molecule has 35 heavy (non-hydrogen) atoms. The van der Waals surface area contributed by atoms with Crippen LogP contribution in [-0.2, 0) is 11.0 Å². The minimum Gasteiger partial charge on any atom is -0.492 e. The standard InChI is InChI=1S/C23H30ClF3N6O2/c1-32(2)12-13-35-16-7-8-18(24)19(14-16)30-22-29-15-17(23(25,26)27)21(31-22)28-9-5-11-33-10-4-3-6-20(33)34/h7-8,14-15H,3-6,9-13H2,1-2H3,(H2,28,29,30,31). The van der Waals surface area contributed by atoms with E-state index in [0.717, 1.165) is 19.0 Å². The van der Waals surface area contributed by atoms with E-state index in [1.54, 1.807) is 23.1 Å². The van der Waals surface area contributed by atoms with E-state index < -0.39 is 11.7 Å². The Kier molecular flexibility index (Phi) is 9.39. The molecule has 3 rings (SSSR count). The molecule has 0 radical (unpaired) electrons. The summed E-state index contributed by atoms with van der Waals surface area (Å²) >= 11 is 6.25. The quantitative estimate of drug-likeness (QED) is 0.422. The number of nitrogens with zero attached hydrogens (tertiary/aromatic N) is 4. The highest BCUT2D eigenvalue weighted by Crippen LogP contribution is 2.35. The molecule has 192 valence electrons. The highest BCUT2D eigenvalue weighted by molar-refractivity contribution is 6.33. The number of benzene rings is 1. The van der Waals surface area contributed by atoms with E-state index in [2.05, 4.69) is 20.6 Å². The number of rotatable bonds is 11. The maximum atomic E-state index is 13.5. The number of piperidine rings is 1. The Morgan fingerprint density at radius 2 is 2.06 bits per heavy atom. The molecule has 1 aliphatic heterocycles. The first kappa shape index (κ1) is 26.8. The zero-order chi connectivity index (χ0) is 25.4. The van der Waals surface area contributed by atoms with Crippen molar-refractivity contribution in [3.8, 4) is 5.75 Å². The van der Waals surface area contributed by atoms with Gasteiger partial charge in [-0.1, -0.05) is 11.6 Å². The summed E-state index contributed by atoms with van der Waals surface area (Å²) in [5.41, 5.74) is -0.563. The summed E-state index contributed by atoms with van der Waals surface area (Å²) in [6.07, 6.45) is -1.04. The normalized spacial score (nSPS) is 14.4. The second-order valence-electron chi connectivity index (χ2n) is 8.49. The van der Waals surface area contributed by atoms with Crippen molar-refractivity contribution in [2.24, 2.45) is 0 Å². The SMILES string of the molecule is CN(C)CCOc1ccc(Cl)c(Nc2ncc(C(F)(F)F)c(NCCCN3CCCCC3=O)n2)c1. The number of nitrogens with one attached hydrogen (secondary N) is 2. The molecule has 0 spiro atoms. The van der Waals surface area contributed by atoms with Crippen LogP contribution in [0, 0.1) is 0 Å². The van der Waals surface area contributed by atoms with Crippen molar-refractivity contribution in [2.45, 2.75) is 31.9 Å². The number of ether oxygens (including phenoxy) is 1. The molecule has 1 fully saturated rings. The zero-order valence-electron chi connectivity index (χ0n) is 19.8. The average Bonchev–Trinajstić information content (AvgIpc) is 2.79. The van der Waals surface area contributed by atoms with Crippen molar-refractivity contribution in [3.05, 3.63) is 35.0 Å². The molecule has 1 saturated heterocycles. The molecule has 0 aliphatic carbocycles. The lowest BCUT2D eigenvalue weighted by molar-refractivity contribution is -0.137. The highest BCUT2D eigenvalue weighted by atomic mass is 35.5. The Morgan fingerprint density at radius 3 is 2.77 bits per heavy atom. The number of hydrogen-bond acceptors (Lipinski definition) is 7. The first-order valence-electron chi connectivity index (χ1n) is 11.4. The van der Waals surface area contributed by atoms with Crippen molar-refractivity contribution >= 4 is 35.0 Å². The highest BCUT2D eigenvalue weighted by Gasteiger charge is 2.35. The number of halogens is 4. The third-order valence-electron chi connectivity index (χ3n) is 5.40. The molecule has 1 aromatic heterocycles. The lowest BCUT2D eigenvalue weighted by Gasteiger charge is -2.26. The Morgan fingerprint density at radius 1 is 1.26 bits per heavy atom. The van der Waals surface area contributed by atoms with E-state index in [9.17, 15) is 18.0 Å². The number of amides is 1. The summed E-state index contributed by atoms with van der Waals surface area (Å²) in [6, 6.07) is 4.97. The summed E-state index contributed by atoms with van der Waals surface area (Å²) < 4.78 is 46.2. The molecule has 2 aromatic rings. The Balaban J connectivity index is 1.68. The number of alkyl halides is 3. The third kappa shape index (κ3) is 8.14. The molecular formula is C23H30ClF3N6O2. The van der Waals surface area contributed by atoms with Crippen LogP contribution >= 0.6 is 11.6 Å². The van der Waals surface area contributed by atoms with Crippen LogP contribution in [-0.4, -0.2) is 72.6 Å². The topological polar surface area (TPSA) is 82.6 Å². The molecule has 0 saturated carbocycles. The van der Waals surface area contributed by atoms with E-state index in [1.165, 1.54) is 0 Å². The van der Waals surface area contributed by atoms with Gasteiger partial charge in [-0.2, -0.15) is 18.2 Å². The van der Waals surface area contributed by atoms with Gasteiger partial charge in [0.1, 0.15) is 23.7 Å². The Bertz CT molecular complexity index is 1010. The first-order chi connectivity index (χ1) is 16.6. The largest absolute Gasteiger partial charge is 0.492 e. The number of carbonyl (C=O) groups is 1. The number of carbonyl (C=O) groups excluding carboxylic acids is 1. The molecule has 0 bridgehead atoms. The fraction of sp³-hybridized carbons (Fsp3) is 0.522. The lowest BCUT2D eigenvalue weighted by Crippen LogP contribution is -2.36. The van der Waals surface area contributed by atoms with Crippen LogP contribution in [0.25, 0.3) is 0 Å². The summed E-state index contributed by atoms with van der Waals surface area (Å²) in [7, 11) is 3.86. The minimum atomic E-state index is -4.62. The maximum Gasteiger partial charge on any atom is 0.421 e. The van der Waals surface area contributed by atoms with E-state index in [1.807, 2.05) is 19.0 Å². The second kappa shape index (κ2) is 12.3. The van der Waals surface area contributed by atoms with Gasteiger partial charge in [0.25, 0.3) is 0 Å². The number of hydrogen-bond donors (Lipinski definition) is 2. The zero-order valence-corrected chi connectivity index (χ0v) is 20.5. The molecule has 8 nitrogen and oxygen atoms in total. The van der Waals surface area contributed by atoms with Crippen LogP contribution in [0.4, 0.5) is 30.6 Å². The number of anilines is 3. The molecule has 0 atom stereocenters. The van der Waals surface area contributed by atoms with Crippen molar-refractivity contribution in [3.63, 3.8) is 0 Å². The van der Waals surface area contributed by atoms with Crippen LogP contribution in [0.5, 0.6) is 5.75 Å². The van der Waals surface area contributed by atoms with Gasteiger partial charge >= 0.3 is 6.18 Å². The van der Waals surface area contributed by atoms with E-state index in [4.69, 9.17) is 16.3 Å². The predicted molar refractivity (Wildman–Crippen MR) is 129 cm³/mol. The molecule has 2 N–H and O–H groups in total. The van der Waals surface area contributed by atoms with Gasteiger partial charge in [-0.25, -0.2) is 4.98 Å². The van der Waals surface area contributed by atoms with E-state index >= 15 is 0 Å². The molecule has 1 aliphatic rings. The van der Waals surface area contributed by atoms with Crippen LogP contribution in [0.2, 0.25) is 5.02 Å². The molecule has 0 unspecified atom stereocenters. The fourth-order valence-corrected chi connectivity index (χ4v) is 3.68. The van der Waals surface area contributed by atoms with Gasteiger partial charge in [0.05, 0.1) is 10.7 Å². The predicted octanol–water partition coefficient (Wildman–Crippen LogP) is 4.65. The van der Waals surface area contributed by atoms with E-state index in [0.29, 0.717) is 55.5 Å². The van der Waals surface area contributed by atoms with Crippen LogP contribution in [0.3, 0.4) is 0 Å². The average molecular weight is 515 g/mol. The smallest absolute Gasteiger partial charge is 0.421 e. The van der Waals surface area contributed by atoms with Crippen LogP contribution < -0.4 is 15.4 Å². The summed E-state index contributed by atoms with van der Waals surface area (Å²) in [5, 5.41) is 5.97. The third-order valence-corrected chi connectivity index (χ3v) is 5.73. The van der Waals surface area contributed by atoms with Crippen molar-refractivity contribution < 1.29 is 22.7 Å². The maximum absolute atomic E-state index is 13.5. The number of likely N-dealkylation sites (tertiary alicyclic amines) is 1. The van der Waals surface area contributed by atoms with Gasteiger partial charge in [0.2, 0.25) is 11.9 Å². The van der Waals surface area contributed by atoms with Crippen LogP contribution in [0.15, 0.2) is 24.4 Å². The van der Waals surface area contributed by atoms with E-state index in [-0.39, 0.29) is 24.2 Å². The van der Waals surface area contributed by atoms with Crippen molar-refractivity contribution in [2.75, 3.05) is 57.5 Å². The van der Waals surface area contributed by atoms with Gasteiger partial charge in [0.15, 0.2) is 0 Å².